The fraction of sp³-hybridized carbons (Fsp3) is 0.294. The topological polar surface area (TPSA) is 116 Å². The molecular weight excluding hydrogens is 332 g/mol. The average Bonchev–Trinajstić information content (AvgIpc) is 3.33. The minimum atomic E-state index is -0.0482. The van der Waals surface area contributed by atoms with Crippen molar-refractivity contribution in [2.24, 2.45) is 0 Å². The lowest BCUT2D eigenvalue weighted by molar-refractivity contribution is 0.0811. The summed E-state index contributed by atoms with van der Waals surface area (Å²) in [6.07, 6.45) is 6.73. The summed E-state index contributed by atoms with van der Waals surface area (Å²) in [5.74, 6) is 1.58. The van der Waals surface area contributed by atoms with Crippen LogP contribution in [0.2, 0.25) is 0 Å². The summed E-state index contributed by atoms with van der Waals surface area (Å²) in [4.78, 5) is 23.2. The van der Waals surface area contributed by atoms with E-state index < -0.39 is 0 Å². The summed E-state index contributed by atoms with van der Waals surface area (Å²) in [6.45, 7) is 3.83. The van der Waals surface area contributed by atoms with Gasteiger partial charge in [0.2, 0.25) is 0 Å². The van der Waals surface area contributed by atoms with Crippen molar-refractivity contribution in [3.05, 3.63) is 37.2 Å². The molecule has 0 aromatic carbocycles. The first-order valence-electron chi connectivity index (χ1n) is 8.50. The first-order valence-corrected chi connectivity index (χ1v) is 8.50. The molecule has 0 aliphatic heterocycles. The van der Waals surface area contributed by atoms with Gasteiger partial charge in [0.25, 0.3) is 0 Å². The van der Waals surface area contributed by atoms with Crippen LogP contribution in [0.15, 0.2) is 37.2 Å². The number of ether oxygens (including phenoxy) is 1. The normalized spacial score (nSPS) is 11.5. The van der Waals surface area contributed by atoms with Gasteiger partial charge in [0, 0.05) is 32.1 Å². The number of aromatic amines is 2. The molecule has 0 fully saturated rings. The Morgan fingerprint density at radius 2 is 1.42 bits per heavy atom. The predicted octanol–water partition coefficient (Wildman–Crippen LogP) is 2.16. The Bertz CT molecular complexity index is 916. The second-order valence-electron chi connectivity index (χ2n) is 5.76. The van der Waals surface area contributed by atoms with E-state index in [1.165, 1.54) is 0 Å². The fourth-order valence-electron chi connectivity index (χ4n) is 2.87. The molecule has 0 aliphatic rings. The molecule has 4 aromatic heterocycles. The third-order valence-electron chi connectivity index (χ3n) is 4.10. The maximum atomic E-state index is 5.85. The van der Waals surface area contributed by atoms with Gasteiger partial charge in [-0.15, -0.1) is 0 Å². The lowest BCUT2D eigenvalue weighted by atomic mass is 10.3. The Morgan fingerprint density at radius 3 is 1.92 bits per heavy atom. The smallest absolute Gasteiger partial charge is 0.142 e. The van der Waals surface area contributed by atoms with E-state index >= 15 is 0 Å². The molecule has 4 N–H and O–H groups in total. The highest BCUT2D eigenvalue weighted by Crippen LogP contribution is 2.19. The van der Waals surface area contributed by atoms with Gasteiger partial charge in [-0.3, -0.25) is 0 Å². The summed E-state index contributed by atoms with van der Waals surface area (Å²) in [7, 11) is 0. The number of fused-ring (bicyclic) bond motifs is 2. The molecule has 0 aliphatic carbocycles. The average molecular weight is 352 g/mol. The number of hydrogen-bond donors (Lipinski definition) is 4. The van der Waals surface area contributed by atoms with Crippen LogP contribution in [0.25, 0.3) is 22.1 Å². The van der Waals surface area contributed by atoms with Crippen molar-refractivity contribution >= 4 is 33.7 Å². The van der Waals surface area contributed by atoms with Gasteiger partial charge in [-0.25, -0.2) is 19.9 Å². The number of hydrogen-bond acceptors (Lipinski definition) is 7. The molecule has 0 amide bonds. The Hall–Kier alpha value is -3.20. The molecule has 0 saturated carbocycles. The molecular formula is C17H20N8O. The number of rotatable bonds is 8. The first-order chi connectivity index (χ1) is 12.8. The van der Waals surface area contributed by atoms with Gasteiger partial charge in [0.15, 0.2) is 0 Å². The van der Waals surface area contributed by atoms with Gasteiger partial charge in [-0.2, -0.15) is 0 Å². The van der Waals surface area contributed by atoms with Gasteiger partial charge < -0.3 is 25.3 Å². The molecule has 4 heterocycles. The SMILES string of the molecule is CCOC(CNc1ncnc2[nH]ccc12)CNc1ncnc2[nH]ccc12. The third-order valence-corrected chi connectivity index (χ3v) is 4.10. The highest BCUT2D eigenvalue weighted by Gasteiger charge is 2.12. The van der Waals surface area contributed by atoms with E-state index in [2.05, 4.69) is 40.5 Å². The van der Waals surface area contributed by atoms with Gasteiger partial charge >= 0.3 is 0 Å². The summed E-state index contributed by atoms with van der Waals surface area (Å²) >= 11 is 0. The van der Waals surface area contributed by atoms with Crippen molar-refractivity contribution in [1.82, 2.24) is 29.9 Å². The quantitative estimate of drug-likeness (QED) is 0.384. The largest absolute Gasteiger partial charge is 0.375 e. The van der Waals surface area contributed by atoms with Crippen LogP contribution in [-0.4, -0.2) is 55.7 Å². The van der Waals surface area contributed by atoms with Crippen LogP contribution in [0.1, 0.15) is 6.92 Å². The summed E-state index contributed by atoms with van der Waals surface area (Å²) < 4.78 is 5.85. The highest BCUT2D eigenvalue weighted by molar-refractivity contribution is 5.87. The monoisotopic (exact) mass is 352 g/mol. The number of H-pyrrole nitrogens is 2. The second-order valence-corrected chi connectivity index (χ2v) is 5.76. The Balaban J connectivity index is 1.43. The van der Waals surface area contributed by atoms with Crippen LogP contribution >= 0.6 is 0 Å². The molecule has 0 saturated heterocycles. The van der Waals surface area contributed by atoms with Gasteiger partial charge in [0.1, 0.15) is 35.6 Å². The first kappa shape index (κ1) is 16.3. The fourth-order valence-corrected chi connectivity index (χ4v) is 2.87. The van der Waals surface area contributed by atoms with E-state index in [9.17, 15) is 0 Å². The Kier molecular flexibility index (Phi) is 4.61. The minimum absolute atomic E-state index is 0.0482. The number of aromatic nitrogens is 6. The third kappa shape index (κ3) is 3.29. The zero-order valence-electron chi connectivity index (χ0n) is 14.4. The Labute approximate surface area is 149 Å². The van der Waals surface area contributed by atoms with Crippen LogP contribution in [0.4, 0.5) is 11.6 Å². The molecule has 4 aromatic rings. The van der Waals surface area contributed by atoms with Crippen LogP contribution < -0.4 is 10.6 Å². The van der Waals surface area contributed by atoms with Crippen LogP contribution in [0.5, 0.6) is 0 Å². The van der Waals surface area contributed by atoms with Gasteiger partial charge in [0.05, 0.1) is 16.9 Å². The number of anilines is 2. The van der Waals surface area contributed by atoms with E-state index in [1.807, 2.05) is 31.5 Å². The number of nitrogens with one attached hydrogen (secondary N) is 4. The van der Waals surface area contributed by atoms with Crippen LogP contribution in [-0.2, 0) is 4.74 Å². The zero-order valence-corrected chi connectivity index (χ0v) is 14.4. The number of nitrogens with zero attached hydrogens (tertiary/aromatic N) is 4. The molecule has 0 spiro atoms. The second kappa shape index (κ2) is 7.36. The molecule has 134 valence electrons. The van der Waals surface area contributed by atoms with Crippen LogP contribution in [0, 0.1) is 0 Å². The van der Waals surface area contributed by atoms with Crippen molar-refractivity contribution in [3.8, 4) is 0 Å². The summed E-state index contributed by atoms with van der Waals surface area (Å²) in [5.41, 5.74) is 1.62. The van der Waals surface area contributed by atoms with Crippen molar-refractivity contribution < 1.29 is 4.74 Å². The lowest BCUT2D eigenvalue weighted by Crippen LogP contribution is -2.31. The zero-order chi connectivity index (χ0) is 17.8. The molecule has 0 atom stereocenters. The molecule has 9 nitrogen and oxygen atoms in total. The molecule has 0 bridgehead atoms. The maximum absolute atomic E-state index is 5.85. The molecule has 0 radical (unpaired) electrons. The van der Waals surface area contributed by atoms with Gasteiger partial charge in [-0.1, -0.05) is 0 Å². The lowest BCUT2D eigenvalue weighted by Gasteiger charge is -2.19. The Morgan fingerprint density at radius 1 is 0.885 bits per heavy atom. The van der Waals surface area contributed by atoms with E-state index in [4.69, 9.17) is 4.74 Å². The summed E-state index contributed by atoms with van der Waals surface area (Å²) in [5, 5.41) is 8.62. The van der Waals surface area contributed by atoms with E-state index in [0.717, 1.165) is 33.7 Å². The summed E-state index contributed by atoms with van der Waals surface area (Å²) in [6, 6.07) is 3.91. The van der Waals surface area contributed by atoms with Crippen LogP contribution in [0.3, 0.4) is 0 Å². The minimum Gasteiger partial charge on any atom is -0.375 e. The molecule has 26 heavy (non-hydrogen) atoms. The van der Waals surface area contributed by atoms with E-state index in [1.54, 1.807) is 12.7 Å². The van der Waals surface area contributed by atoms with Crippen molar-refractivity contribution in [2.45, 2.75) is 13.0 Å². The predicted molar refractivity (Wildman–Crippen MR) is 100 cm³/mol. The molecule has 4 rings (SSSR count). The van der Waals surface area contributed by atoms with Gasteiger partial charge in [-0.05, 0) is 19.1 Å². The van der Waals surface area contributed by atoms with E-state index in [0.29, 0.717) is 19.7 Å². The van der Waals surface area contributed by atoms with Crippen molar-refractivity contribution in [2.75, 3.05) is 30.3 Å². The highest BCUT2D eigenvalue weighted by atomic mass is 16.5. The van der Waals surface area contributed by atoms with Crippen molar-refractivity contribution in [3.63, 3.8) is 0 Å². The maximum Gasteiger partial charge on any atom is 0.142 e. The van der Waals surface area contributed by atoms with E-state index in [-0.39, 0.29) is 6.10 Å². The standard InChI is InChI=1S/C17H20N8O/c1-2-26-11(7-20-16-12-3-5-18-14(12)22-9-24-16)8-21-17-13-4-6-19-15(13)23-10-25-17/h3-6,9-11H,2,7-8H2,1H3,(H2,18,20,22,24)(H2,19,21,23,25). The van der Waals surface area contributed by atoms with Crippen molar-refractivity contribution in [1.29, 1.82) is 0 Å². The molecule has 9 heteroatoms. The molecule has 0 unspecified atom stereocenters.